The second-order valence-electron chi connectivity index (χ2n) is 20.7. The highest BCUT2D eigenvalue weighted by Gasteiger charge is 2.37. The number of aromatic nitrogens is 2. The number of imidazole rings is 1. The number of aliphatic hydroxyl groups is 2. The van der Waals surface area contributed by atoms with Gasteiger partial charge in [-0.05, 0) is 94.0 Å². The van der Waals surface area contributed by atoms with Crippen molar-refractivity contribution in [3.05, 3.63) is 48.0 Å². The number of ketones is 4. The number of carboxylic acids is 1. The van der Waals surface area contributed by atoms with Crippen LogP contribution in [-0.4, -0.2) is 157 Å². The van der Waals surface area contributed by atoms with Crippen LogP contribution >= 0.6 is 11.8 Å². The molecule has 0 aliphatic heterocycles. The van der Waals surface area contributed by atoms with Gasteiger partial charge >= 0.3 is 5.97 Å². The van der Waals surface area contributed by atoms with Gasteiger partial charge in [-0.15, -0.1) is 0 Å². The van der Waals surface area contributed by atoms with Gasteiger partial charge in [-0.3, -0.25) is 52.9 Å². The Morgan fingerprint density at radius 1 is 0.675 bits per heavy atom. The molecule has 2 rings (SSSR count). The lowest BCUT2D eigenvalue weighted by Gasteiger charge is -2.27. The lowest BCUT2D eigenvalue weighted by atomic mass is 9.88. The number of thioether (sulfide) groups is 1. The second kappa shape index (κ2) is 36.5. The molecule has 10 atom stereocenters. The first kappa shape index (κ1) is 69.3. The molecule has 0 unspecified atom stereocenters. The predicted octanol–water partition coefficient (Wildman–Crippen LogP) is 0.0923. The van der Waals surface area contributed by atoms with Crippen LogP contribution in [0.3, 0.4) is 0 Å². The summed E-state index contributed by atoms with van der Waals surface area (Å²) in [5.74, 6) is -13.7. The molecule has 0 saturated carbocycles. The Labute approximate surface area is 471 Å². The molecule has 1 aromatic carbocycles. The number of nitrogens with zero attached hydrogens (tertiary/aromatic N) is 2. The molecule has 0 bridgehead atoms. The highest BCUT2D eigenvalue weighted by atomic mass is 32.2. The number of primary amides is 1. The molecule has 25 nitrogen and oxygen atoms in total. The molecule has 1 heterocycles. The first-order chi connectivity index (χ1) is 37.8. The summed E-state index contributed by atoms with van der Waals surface area (Å²) in [6.07, 6.45) is 1.32. The van der Waals surface area contributed by atoms with Crippen molar-refractivity contribution in [1.82, 2.24) is 31.2 Å². The van der Waals surface area contributed by atoms with Gasteiger partial charge < -0.3 is 69.6 Å². The Bertz CT molecular complexity index is 2370. The minimum atomic E-state index is -1.77. The highest BCUT2D eigenvalue weighted by Crippen LogP contribution is 2.23. The average Bonchev–Trinajstić information content (AvgIpc) is 3.92. The Morgan fingerprint density at radius 3 is 1.75 bits per heavy atom. The quantitative estimate of drug-likeness (QED) is 0.0238. The third-order valence-corrected chi connectivity index (χ3v) is 14.1. The van der Waals surface area contributed by atoms with E-state index in [1.807, 2.05) is 13.8 Å². The number of hydrogen-bond donors (Lipinski definition) is 13. The predicted molar refractivity (Wildman–Crippen MR) is 299 cm³/mol. The number of aliphatic hydroxyl groups excluding tert-OH is 2. The van der Waals surface area contributed by atoms with Crippen LogP contribution in [0.2, 0.25) is 0 Å². The van der Waals surface area contributed by atoms with E-state index < -0.39 is 151 Å². The van der Waals surface area contributed by atoms with E-state index in [2.05, 4.69) is 36.2 Å². The van der Waals surface area contributed by atoms with Crippen molar-refractivity contribution in [2.45, 2.75) is 148 Å². The van der Waals surface area contributed by atoms with E-state index in [-0.39, 0.29) is 82.1 Å². The van der Waals surface area contributed by atoms with Crippen molar-refractivity contribution in [3.63, 3.8) is 0 Å². The zero-order valence-electron chi connectivity index (χ0n) is 46.5. The van der Waals surface area contributed by atoms with Gasteiger partial charge in [0.2, 0.25) is 29.5 Å². The fourth-order valence-electron chi connectivity index (χ4n) is 8.74. The number of Topliss-reactive ketones (excluding diaryl/α,β-unsaturated/α-hetero) is 4. The summed E-state index contributed by atoms with van der Waals surface area (Å²) >= 11 is 1.39. The van der Waals surface area contributed by atoms with Crippen molar-refractivity contribution >= 4 is 76.4 Å². The van der Waals surface area contributed by atoms with Crippen molar-refractivity contribution in [2.24, 2.45) is 63.4 Å². The number of aromatic amines is 1. The van der Waals surface area contributed by atoms with Gasteiger partial charge in [0.05, 0.1) is 67.4 Å². The number of benzene rings is 1. The van der Waals surface area contributed by atoms with E-state index in [1.165, 1.54) is 62.4 Å². The van der Waals surface area contributed by atoms with Crippen LogP contribution in [0.5, 0.6) is 5.75 Å². The van der Waals surface area contributed by atoms with Gasteiger partial charge in [0.1, 0.15) is 5.75 Å². The molecule has 5 amide bonds. The van der Waals surface area contributed by atoms with Gasteiger partial charge in [-0.1, -0.05) is 39.3 Å². The topological polar surface area (TPSA) is 445 Å². The maximum Gasteiger partial charge on any atom is 0.305 e. The SMILES string of the molecule is CSCC[C@H](NC(=O)[C@@H](C)CO)C(=O)C[C@H](C(=O)N[C@@H](CC(=O)O)C(=O)C[C@@H](CCCCN)C(=O)N[C@@H](Cc1ccc(O)cc1)C(=O)C[C@@H](CCCN=C(N)N)C(=O)N[C@@H](CC(C)C)C(=O)C[C@@H](Cc1cnc[nH]1)C(N)=O)[C@@H](C)O. The Morgan fingerprint density at radius 2 is 1.23 bits per heavy atom. The van der Waals surface area contributed by atoms with Crippen LogP contribution in [0.15, 0.2) is 41.8 Å². The molecular formula is C54H85N11O14S. The molecule has 0 spiro atoms. The van der Waals surface area contributed by atoms with Gasteiger partial charge in [0, 0.05) is 62.4 Å². The normalized spacial score (nSPS) is 15.1. The summed E-state index contributed by atoms with van der Waals surface area (Å²) in [6.45, 7) is 6.13. The van der Waals surface area contributed by atoms with Crippen LogP contribution in [0.25, 0.3) is 0 Å². The maximum absolute atomic E-state index is 14.7. The van der Waals surface area contributed by atoms with E-state index >= 15 is 0 Å². The van der Waals surface area contributed by atoms with Gasteiger partial charge in [-0.2, -0.15) is 11.8 Å². The van der Waals surface area contributed by atoms with Crippen LogP contribution in [-0.2, 0) is 60.8 Å². The molecule has 80 heavy (non-hydrogen) atoms. The summed E-state index contributed by atoms with van der Waals surface area (Å²) in [6, 6.07) is 0.423. The van der Waals surface area contributed by atoms with Crippen molar-refractivity contribution in [2.75, 3.05) is 31.7 Å². The van der Waals surface area contributed by atoms with Crippen molar-refractivity contribution < 1.29 is 68.4 Å². The smallest absolute Gasteiger partial charge is 0.305 e. The van der Waals surface area contributed by atoms with E-state index in [9.17, 15) is 68.4 Å². The average molecular weight is 1140 g/mol. The number of aliphatic imine (C=N–C) groups is 1. The molecule has 0 fully saturated rings. The van der Waals surface area contributed by atoms with Crippen molar-refractivity contribution in [1.29, 1.82) is 0 Å². The van der Waals surface area contributed by atoms with E-state index in [0.29, 0.717) is 29.9 Å². The monoisotopic (exact) mass is 1140 g/mol. The molecule has 2 aromatic rings. The minimum absolute atomic E-state index is 0.00504. The Hall–Kier alpha value is -6.77. The molecule has 0 radical (unpaired) electrons. The third-order valence-electron chi connectivity index (χ3n) is 13.5. The van der Waals surface area contributed by atoms with Crippen molar-refractivity contribution in [3.8, 4) is 5.75 Å². The molecular weight excluding hydrogens is 1060 g/mol. The summed E-state index contributed by atoms with van der Waals surface area (Å²) in [5.41, 5.74) is 23.6. The number of unbranched alkanes of at least 4 members (excludes halogenated alkanes) is 1. The zero-order valence-corrected chi connectivity index (χ0v) is 47.3. The third kappa shape index (κ3) is 26.0. The number of phenolic OH excluding ortho intramolecular Hbond substituents is 1. The lowest BCUT2D eigenvalue weighted by molar-refractivity contribution is -0.142. The number of carbonyl (C=O) groups is 10. The number of hydrogen-bond acceptors (Lipinski definition) is 17. The number of aromatic hydroxyl groups is 1. The Kier molecular flexibility index (Phi) is 31.6. The minimum Gasteiger partial charge on any atom is -0.508 e. The van der Waals surface area contributed by atoms with Gasteiger partial charge in [0.25, 0.3) is 0 Å². The molecule has 0 aliphatic rings. The lowest BCUT2D eigenvalue weighted by Crippen LogP contribution is -2.50. The molecule has 26 heteroatoms. The number of H-pyrrole nitrogens is 1. The first-order valence-electron chi connectivity index (χ1n) is 26.9. The van der Waals surface area contributed by atoms with E-state index in [4.69, 9.17) is 22.9 Å². The summed E-state index contributed by atoms with van der Waals surface area (Å²) in [4.78, 5) is 147. The van der Waals surface area contributed by atoms with Crippen LogP contribution in [0.4, 0.5) is 0 Å². The zero-order chi connectivity index (χ0) is 60.1. The number of rotatable bonds is 42. The van der Waals surface area contributed by atoms with E-state index in [1.54, 1.807) is 6.26 Å². The highest BCUT2D eigenvalue weighted by molar-refractivity contribution is 7.98. The van der Waals surface area contributed by atoms with Crippen LogP contribution < -0.4 is 44.2 Å². The second-order valence-corrected chi connectivity index (χ2v) is 21.7. The number of carboxylic acid groups (broad SMARTS) is 1. The van der Waals surface area contributed by atoms with Crippen LogP contribution in [0, 0.1) is 35.5 Å². The number of amides is 5. The number of phenols is 1. The molecule has 0 aliphatic carbocycles. The summed E-state index contributed by atoms with van der Waals surface area (Å²) < 4.78 is 0. The van der Waals surface area contributed by atoms with E-state index in [0.717, 1.165) is 0 Å². The maximum atomic E-state index is 14.7. The molecule has 1 aromatic heterocycles. The number of guanidine groups is 1. The number of nitrogens with two attached hydrogens (primary N) is 4. The van der Waals surface area contributed by atoms with Gasteiger partial charge in [-0.25, -0.2) is 4.98 Å². The number of aliphatic carboxylic acids is 1. The fourth-order valence-corrected chi connectivity index (χ4v) is 9.22. The molecule has 446 valence electrons. The number of nitrogens with one attached hydrogen (secondary N) is 5. The number of carbonyl (C=O) groups excluding carboxylic acids is 9. The summed E-state index contributed by atoms with van der Waals surface area (Å²) in [7, 11) is 0. The Balaban J connectivity index is 2.54. The standard InChI is InChI=1S/C54H85N11O14S/c1-30(2)19-41(46(71)24-36(49(56)75)21-37-27-59-29-61-37)63-52(78)35(10-8-17-60-54(57)58)23-44(69)42(20-33-11-13-38(68)14-12-33)64-51(77)34(9-6-7-16-55)22-45(70)43(26-48(73)74)65-53(79)39(32(4)67)25-47(72)40(15-18-80-5)62-50(76)31(3)28-66/h11-14,27,29-32,34-36,39-43,66-68H,6-10,15-26,28,55H2,1-5H3,(H2,56,75)(H,59,61)(H,62,76)(H,63,78)(H,64,77)(H,65,79)(H,73,74)(H4,57,58,60)/t31-,32+,34+,35+,36+,39-,40-,41-,42-,43-/m0/s1. The van der Waals surface area contributed by atoms with Gasteiger partial charge in [0.15, 0.2) is 29.1 Å². The molecule has 17 N–H and O–H groups in total. The van der Waals surface area contributed by atoms with Crippen LogP contribution in [0.1, 0.15) is 116 Å². The largest absolute Gasteiger partial charge is 0.508 e. The first-order valence-corrected chi connectivity index (χ1v) is 28.3. The molecule has 0 saturated heterocycles. The summed E-state index contributed by atoms with van der Waals surface area (Å²) in [5, 5.41) is 50.7. The fraction of sp³-hybridized carbons (Fsp3) is 0.630.